The molecule has 0 spiro atoms. The molecule has 7 heteroatoms. The summed E-state index contributed by atoms with van der Waals surface area (Å²) in [5.74, 6) is -0.199. The van der Waals surface area contributed by atoms with Crippen molar-refractivity contribution in [1.29, 1.82) is 0 Å². The highest BCUT2D eigenvalue weighted by atomic mass is 35.5. The van der Waals surface area contributed by atoms with E-state index in [1.807, 2.05) is 60.7 Å². The Labute approximate surface area is 182 Å². The molecule has 1 heterocycles. The lowest BCUT2D eigenvalue weighted by molar-refractivity contribution is -0.115. The highest BCUT2D eigenvalue weighted by Crippen LogP contribution is 2.34. The zero-order valence-electron chi connectivity index (χ0n) is 16.1. The number of hydrogen-bond donors (Lipinski definition) is 1. The first-order chi connectivity index (χ1) is 14.5. The summed E-state index contributed by atoms with van der Waals surface area (Å²) in [5, 5.41) is 9.21. The minimum atomic E-state index is -0.199. The Morgan fingerprint density at radius 1 is 1.00 bits per heavy atom. The van der Waals surface area contributed by atoms with Gasteiger partial charge in [-0.25, -0.2) is 4.68 Å². The standard InChI is InChI=1S/C23H18ClN3O2S/c1-27-23(29)18-7-3-2-6-17(18)20(26-27)14-22(28)25-19-8-4-5-9-21(19)30-16-12-10-15(24)11-13-16/h2-13H,14H2,1H3,(H,25,28). The molecule has 1 aromatic heterocycles. The van der Waals surface area contributed by atoms with E-state index in [0.717, 1.165) is 15.5 Å². The maximum Gasteiger partial charge on any atom is 0.274 e. The van der Waals surface area contributed by atoms with Crippen LogP contribution in [0.4, 0.5) is 5.69 Å². The lowest BCUT2D eigenvalue weighted by Crippen LogP contribution is -2.24. The molecule has 0 aliphatic carbocycles. The fourth-order valence-electron chi connectivity index (χ4n) is 3.14. The summed E-state index contributed by atoms with van der Waals surface area (Å²) >= 11 is 7.50. The second-order valence-electron chi connectivity index (χ2n) is 6.70. The molecular formula is C23H18ClN3O2S. The molecule has 0 saturated heterocycles. The summed E-state index contributed by atoms with van der Waals surface area (Å²) in [4.78, 5) is 27.0. The molecule has 3 aromatic carbocycles. The maximum absolute atomic E-state index is 12.8. The summed E-state index contributed by atoms with van der Waals surface area (Å²) in [6.07, 6.45) is 0.0641. The van der Waals surface area contributed by atoms with Crippen LogP contribution in [0.3, 0.4) is 0 Å². The van der Waals surface area contributed by atoms with Crippen molar-refractivity contribution in [2.45, 2.75) is 16.2 Å². The van der Waals surface area contributed by atoms with E-state index in [4.69, 9.17) is 11.6 Å². The van der Waals surface area contributed by atoms with Crippen LogP contribution in [0.25, 0.3) is 10.8 Å². The summed E-state index contributed by atoms with van der Waals surface area (Å²) < 4.78 is 1.27. The number of nitrogens with zero attached hydrogens (tertiary/aromatic N) is 2. The zero-order chi connectivity index (χ0) is 21.1. The van der Waals surface area contributed by atoms with Gasteiger partial charge in [-0.15, -0.1) is 0 Å². The number of halogens is 1. The van der Waals surface area contributed by atoms with Crippen molar-refractivity contribution in [2.75, 3.05) is 5.32 Å². The summed E-state index contributed by atoms with van der Waals surface area (Å²) in [6.45, 7) is 0. The van der Waals surface area contributed by atoms with Gasteiger partial charge in [-0.3, -0.25) is 9.59 Å². The molecule has 4 rings (SSSR count). The van der Waals surface area contributed by atoms with Crippen LogP contribution in [0, 0.1) is 0 Å². The fourth-order valence-corrected chi connectivity index (χ4v) is 4.17. The fraction of sp³-hybridized carbons (Fsp3) is 0.0870. The molecule has 1 amide bonds. The van der Waals surface area contributed by atoms with Gasteiger partial charge in [0.25, 0.3) is 5.56 Å². The van der Waals surface area contributed by atoms with Gasteiger partial charge in [0.1, 0.15) is 0 Å². The predicted octanol–water partition coefficient (Wildman–Crippen LogP) is 4.92. The van der Waals surface area contributed by atoms with Gasteiger partial charge in [0.05, 0.1) is 23.2 Å². The first kappa shape index (κ1) is 20.2. The van der Waals surface area contributed by atoms with Crippen molar-refractivity contribution in [3.63, 3.8) is 0 Å². The number of carbonyl (C=O) groups excluding carboxylic acids is 1. The van der Waals surface area contributed by atoms with Crippen LogP contribution >= 0.6 is 23.4 Å². The molecule has 0 fully saturated rings. The summed E-state index contributed by atoms with van der Waals surface area (Å²) in [6, 6.07) is 22.4. The van der Waals surface area contributed by atoms with E-state index in [1.165, 1.54) is 4.68 Å². The lowest BCUT2D eigenvalue weighted by atomic mass is 10.1. The monoisotopic (exact) mass is 435 g/mol. The normalized spacial score (nSPS) is 10.9. The molecule has 1 N–H and O–H groups in total. The van der Waals surface area contributed by atoms with Crippen molar-refractivity contribution in [3.05, 3.63) is 93.9 Å². The van der Waals surface area contributed by atoms with E-state index in [9.17, 15) is 9.59 Å². The van der Waals surface area contributed by atoms with Crippen LogP contribution in [0.1, 0.15) is 5.69 Å². The maximum atomic E-state index is 12.8. The number of amides is 1. The third-order valence-electron chi connectivity index (χ3n) is 4.56. The van der Waals surface area contributed by atoms with Gasteiger partial charge in [-0.2, -0.15) is 5.10 Å². The Kier molecular flexibility index (Phi) is 5.88. The Bertz CT molecular complexity index is 1290. The molecule has 0 saturated carbocycles. The van der Waals surface area contributed by atoms with Gasteiger partial charge in [-0.1, -0.05) is 53.7 Å². The SMILES string of the molecule is Cn1nc(CC(=O)Nc2ccccc2Sc2ccc(Cl)cc2)c2ccccc2c1=O. The minimum absolute atomic E-state index is 0.0641. The van der Waals surface area contributed by atoms with Crippen molar-refractivity contribution in [2.24, 2.45) is 7.05 Å². The van der Waals surface area contributed by atoms with E-state index < -0.39 is 0 Å². The number of hydrogen-bond acceptors (Lipinski definition) is 4. The van der Waals surface area contributed by atoms with Gasteiger partial charge in [0.15, 0.2) is 0 Å². The van der Waals surface area contributed by atoms with Crippen LogP contribution < -0.4 is 10.9 Å². The van der Waals surface area contributed by atoms with Gasteiger partial charge < -0.3 is 5.32 Å². The van der Waals surface area contributed by atoms with Crippen LogP contribution in [0.2, 0.25) is 5.02 Å². The molecule has 0 unspecified atom stereocenters. The molecule has 0 aliphatic rings. The quantitative estimate of drug-likeness (QED) is 0.483. The van der Waals surface area contributed by atoms with Crippen molar-refractivity contribution in [3.8, 4) is 0 Å². The third-order valence-corrected chi connectivity index (χ3v) is 5.90. The second-order valence-corrected chi connectivity index (χ2v) is 8.25. The molecule has 5 nitrogen and oxygen atoms in total. The summed E-state index contributed by atoms with van der Waals surface area (Å²) in [7, 11) is 1.59. The number of rotatable bonds is 5. The van der Waals surface area contributed by atoms with Crippen molar-refractivity contribution >= 4 is 45.7 Å². The molecule has 150 valence electrons. The van der Waals surface area contributed by atoms with Gasteiger partial charge >= 0.3 is 0 Å². The van der Waals surface area contributed by atoms with Gasteiger partial charge in [0.2, 0.25) is 5.91 Å². The molecule has 0 bridgehead atoms. The van der Waals surface area contributed by atoms with E-state index >= 15 is 0 Å². The lowest BCUT2D eigenvalue weighted by Gasteiger charge is -2.12. The largest absolute Gasteiger partial charge is 0.325 e. The Hall–Kier alpha value is -3.09. The molecule has 30 heavy (non-hydrogen) atoms. The van der Waals surface area contributed by atoms with Gasteiger partial charge in [-0.05, 0) is 42.5 Å². The number of fused-ring (bicyclic) bond motifs is 1. The topological polar surface area (TPSA) is 64.0 Å². The first-order valence-corrected chi connectivity index (χ1v) is 10.5. The molecule has 0 radical (unpaired) electrons. The number of aryl methyl sites for hydroxylation is 1. The average molecular weight is 436 g/mol. The Morgan fingerprint density at radius 3 is 2.43 bits per heavy atom. The smallest absolute Gasteiger partial charge is 0.274 e. The van der Waals surface area contributed by atoms with E-state index in [2.05, 4.69) is 10.4 Å². The van der Waals surface area contributed by atoms with Crippen LogP contribution in [0.5, 0.6) is 0 Å². The van der Waals surface area contributed by atoms with E-state index in [-0.39, 0.29) is 17.9 Å². The van der Waals surface area contributed by atoms with E-state index in [1.54, 1.807) is 30.9 Å². The predicted molar refractivity (Wildman–Crippen MR) is 121 cm³/mol. The van der Waals surface area contributed by atoms with Crippen LogP contribution in [0.15, 0.2) is 87.4 Å². The Morgan fingerprint density at radius 2 is 1.67 bits per heavy atom. The summed E-state index contributed by atoms with van der Waals surface area (Å²) in [5.41, 5.74) is 1.10. The average Bonchev–Trinajstić information content (AvgIpc) is 2.75. The zero-order valence-corrected chi connectivity index (χ0v) is 17.7. The Balaban J connectivity index is 1.57. The van der Waals surface area contributed by atoms with Gasteiger partial charge in [0, 0.05) is 27.2 Å². The first-order valence-electron chi connectivity index (χ1n) is 9.28. The molecule has 4 aromatic rings. The second kappa shape index (κ2) is 8.73. The van der Waals surface area contributed by atoms with Crippen LogP contribution in [-0.2, 0) is 18.3 Å². The minimum Gasteiger partial charge on any atom is -0.325 e. The number of para-hydroxylation sites is 1. The van der Waals surface area contributed by atoms with E-state index in [0.29, 0.717) is 21.5 Å². The number of nitrogens with one attached hydrogen (secondary N) is 1. The number of aromatic nitrogens is 2. The molecule has 0 atom stereocenters. The number of carbonyl (C=O) groups is 1. The third kappa shape index (κ3) is 4.40. The highest BCUT2D eigenvalue weighted by Gasteiger charge is 2.14. The van der Waals surface area contributed by atoms with Crippen LogP contribution in [-0.4, -0.2) is 15.7 Å². The van der Waals surface area contributed by atoms with Crippen molar-refractivity contribution in [1.82, 2.24) is 9.78 Å². The number of anilines is 1. The van der Waals surface area contributed by atoms with Crippen molar-refractivity contribution < 1.29 is 4.79 Å². The molecular weight excluding hydrogens is 418 g/mol. The number of benzene rings is 3. The highest BCUT2D eigenvalue weighted by molar-refractivity contribution is 7.99. The molecule has 0 aliphatic heterocycles.